The Morgan fingerprint density at radius 2 is 1.74 bits per heavy atom. The van der Waals surface area contributed by atoms with Gasteiger partial charge in [0, 0.05) is 18.3 Å². The highest BCUT2D eigenvalue weighted by Crippen LogP contribution is 2.20. The number of aromatic nitrogens is 2. The molecule has 0 bridgehead atoms. The van der Waals surface area contributed by atoms with Crippen molar-refractivity contribution in [2.45, 2.75) is 20.3 Å². The summed E-state index contributed by atoms with van der Waals surface area (Å²) in [5.74, 6) is 0.0391. The van der Waals surface area contributed by atoms with Crippen LogP contribution in [0.5, 0.6) is 0 Å². The van der Waals surface area contributed by atoms with E-state index in [1.165, 1.54) is 18.5 Å². The zero-order valence-corrected chi connectivity index (χ0v) is 15.3. The first-order valence-electron chi connectivity index (χ1n) is 8.71. The molecule has 0 aliphatic carbocycles. The maximum absolute atomic E-state index is 12.9. The molecule has 5 nitrogen and oxygen atoms in total. The van der Waals surface area contributed by atoms with Crippen LogP contribution >= 0.6 is 0 Å². The SMILES string of the molecule is Cc1cccc(C)c1NC(=O)c1cc(NCCc2ccc(F)cc2)ncn1. The van der Waals surface area contributed by atoms with Crippen LogP contribution in [0, 0.1) is 19.7 Å². The van der Waals surface area contributed by atoms with Gasteiger partial charge in [0.05, 0.1) is 0 Å². The summed E-state index contributed by atoms with van der Waals surface area (Å²) in [6.45, 7) is 4.51. The van der Waals surface area contributed by atoms with Gasteiger partial charge in [0.25, 0.3) is 5.91 Å². The molecule has 2 aromatic carbocycles. The van der Waals surface area contributed by atoms with Gasteiger partial charge in [-0.2, -0.15) is 0 Å². The number of para-hydroxylation sites is 1. The van der Waals surface area contributed by atoms with Gasteiger partial charge in [0.15, 0.2) is 0 Å². The molecule has 0 aliphatic rings. The van der Waals surface area contributed by atoms with Gasteiger partial charge in [0.2, 0.25) is 0 Å². The Balaban J connectivity index is 1.62. The number of benzene rings is 2. The molecule has 0 atom stereocenters. The number of rotatable bonds is 6. The highest BCUT2D eigenvalue weighted by molar-refractivity contribution is 6.04. The number of nitrogens with zero attached hydrogens (tertiary/aromatic N) is 2. The third-order valence-corrected chi connectivity index (χ3v) is 4.25. The Morgan fingerprint density at radius 1 is 1.04 bits per heavy atom. The second-order valence-corrected chi connectivity index (χ2v) is 6.31. The van der Waals surface area contributed by atoms with Crippen molar-refractivity contribution in [2.24, 2.45) is 0 Å². The van der Waals surface area contributed by atoms with Crippen LogP contribution in [-0.4, -0.2) is 22.4 Å². The van der Waals surface area contributed by atoms with Gasteiger partial charge in [-0.25, -0.2) is 14.4 Å². The molecule has 138 valence electrons. The van der Waals surface area contributed by atoms with Gasteiger partial charge in [-0.1, -0.05) is 30.3 Å². The summed E-state index contributed by atoms with van der Waals surface area (Å²) >= 11 is 0. The smallest absolute Gasteiger partial charge is 0.274 e. The fourth-order valence-corrected chi connectivity index (χ4v) is 2.75. The van der Waals surface area contributed by atoms with Gasteiger partial charge in [-0.3, -0.25) is 4.79 Å². The van der Waals surface area contributed by atoms with Crippen LogP contribution in [-0.2, 0) is 6.42 Å². The molecule has 1 amide bonds. The molecule has 0 saturated heterocycles. The minimum atomic E-state index is -0.281. The number of halogens is 1. The number of aryl methyl sites for hydroxylation is 2. The second-order valence-electron chi connectivity index (χ2n) is 6.31. The molecular weight excluding hydrogens is 343 g/mol. The molecule has 1 aromatic heterocycles. The van der Waals surface area contributed by atoms with Crippen LogP contribution in [0.25, 0.3) is 0 Å². The average molecular weight is 364 g/mol. The molecule has 0 aliphatic heterocycles. The lowest BCUT2D eigenvalue weighted by Gasteiger charge is -2.11. The number of hydrogen-bond donors (Lipinski definition) is 2. The highest BCUT2D eigenvalue weighted by atomic mass is 19.1. The van der Waals surface area contributed by atoms with Crippen LogP contribution in [0.3, 0.4) is 0 Å². The third kappa shape index (κ3) is 4.88. The quantitative estimate of drug-likeness (QED) is 0.690. The summed E-state index contributed by atoms with van der Waals surface area (Å²) < 4.78 is 12.9. The molecule has 0 spiro atoms. The number of carbonyl (C=O) groups is 1. The molecule has 1 heterocycles. The summed E-state index contributed by atoms with van der Waals surface area (Å²) in [6.07, 6.45) is 2.08. The Hall–Kier alpha value is -3.28. The second kappa shape index (κ2) is 8.40. The molecule has 3 aromatic rings. The predicted octanol–water partition coefficient (Wildman–Crippen LogP) is 4.14. The van der Waals surface area contributed by atoms with Crippen molar-refractivity contribution in [1.29, 1.82) is 0 Å². The van der Waals surface area contributed by atoms with Gasteiger partial charge in [0.1, 0.15) is 23.7 Å². The van der Waals surface area contributed by atoms with Crippen molar-refractivity contribution in [2.75, 3.05) is 17.2 Å². The minimum absolute atomic E-state index is 0.248. The van der Waals surface area contributed by atoms with E-state index >= 15 is 0 Å². The first kappa shape index (κ1) is 18.5. The molecule has 3 rings (SSSR count). The fraction of sp³-hybridized carbons (Fsp3) is 0.190. The molecule has 27 heavy (non-hydrogen) atoms. The number of amides is 1. The van der Waals surface area contributed by atoms with E-state index in [9.17, 15) is 9.18 Å². The monoisotopic (exact) mass is 364 g/mol. The summed E-state index contributed by atoms with van der Waals surface area (Å²) in [5, 5.41) is 6.08. The lowest BCUT2D eigenvalue weighted by atomic mass is 10.1. The van der Waals surface area contributed by atoms with Crippen molar-refractivity contribution in [3.63, 3.8) is 0 Å². The normalized spacial score (nSPS) is 10.5. The molecule has 2 N–H and O–H groups in total. The number of hydrogen-bond acceptors (Lipinski definition) is 4. The molecular formula is C21H21FN4O. The molecule has 0 unspecified atom stereocenters. The molecule has 0 radical (unpaired) electrons. The average Bonchev–Trinajstić information content (AvgIpc) is 2.66. The predicted molar refractivity (Wildman–Crippen MR) is 104 cm³/mol. The van der Waals surface area contributed by atoms with E-state index in [0.717, 1.165) is 22.4 Å². The maximum atomic E-state index is 12.9. The van der Waals surface area contributed by atoms with Crippen molar-refractivity contribution in [3.05, 3.63) is 83.1 Å². The number of carbonyl (C=O) groups excluding carboxylic acids is 1. The van der Waals surface area contributed by atoms with Crippen molar-refractivity contribution >= 4 is 17.4 Å². The van der Waals surface area contributed by atoms with E-state index in [1.807, 2.05) is 32.0 Å². The Morgan fingerprint density at radius 3 is 2.44 bits per heavy atom. The molecule has 0 saturated carbocycles. The van der Waals surface area contributed by atoms with Crippen LogP contribution in [0.15, 0.2) is 54.9 Å². The first-order chi connectivity index (χ1) is 13.0. The summed E-state index contributed by atoms with van der Waals surface area (Å²) in [5.41, 5.74) is 4.10. The van der Waals surface area contributed by atoms with Gasteiger partial charge < -0.3 is 10.6 Å². The zero-order valence-electron chi connectivity index (χ0n) is 15.3. The van der Waals surface area contributed by atoms with Crippen molar-refractivity contribution < 1.29 is 9.18 Å². The van der Waals surface area contributed by atoms with Crippen LogP contribution < -0.4 is 10.6 Å². The van der Waals surface area contributed by atoms with E-state index in [2.05, 4.69) is 20.6 Å². The summed E-state index contributed by atoms with van der Waals surface area (Å²) in [7, 11) is 0. The Bertz CT molecular complexity index is 921. The van der Waals surface area contributed by atoms with E-state index in [0.29, 0.717) is 18.8 Å². The van der Waals surface area contributed by atoms with Gasteiger partial charge >= 0.3 is 0 Å². The van der Waals surface area contributed by atoms with Crippen molar-refractivity contribution in [1.82, 2.24) is 9.97 Å². The van der Waals surface area contributed by atoms with Crippen LogP contribution in [0.2, 0.25) is 0 Å². The standard InChI is InChI=1S/C21H21FN4O/c1-14-4-3-5-15(2)20(14)26-21(27)18-12-19(25-13-24-18)23-11-10-16-6-8-17(22)9-7-16/h3-9,12-13H,10-11H2,1-2H3,(H,26,27)(H,23,24,25). The first-order valence-corrected chi connectivity index (χ1v) is 8.71. The maximum Gasteiger partial charge on any atom is 0.274 e. The Kier molecular flexibility index (Phi) is 5.76. The minimum Gasteiger partial charge on any atom is -0.370 e. The number of nitrogens with one attached hydrogen (secondary N) is 2. The van der Waals surface area contributed by atoms with E-state index < -0.39 is 0 Å². The number of anilines is 2. The lowest BCUT2D eigenvalue weighted by molar-refractivity contribution is 0.102. The Labute approximate surface area is 157 Å². The zero-order chi connectivity index (χ0) is 19.2. The highest BCUT2D eigenvalue weighted by Gasteiger charge is 2.12. The van der Waals surface area contributed by atoms with Gasteiger partial charge in [-0.05, 0) is 49.1 Å². The van der Waals surface area contributed by atoms with E-state index in [1.54, 1.807) is 18.2 Å². The summed E-state index contributed by atoms with van der Waals surface area (Å²) in [6, 6.07) is 13.9. The topological polar surface area (TPSA) is 66.9 Å². The van der Waals surface area contributed by atoms with Crippen LogP contribution in [0.1, 0.15) is 27.2 Å². The van der Waals surface area contributed by atoms with Crippen molar-refractivity contribution in [3.8, 4) is 0 Å². The lowest BCUT2D eigenvalue weighted by Crippen LogP contribution is -2.16. The third-order valence-electron chi connectivity index (χ3n) is 4.25. The van der Waals surface area contributed by atoms with E-state index in [-0.39, 0.29) is 17.4 Å². The largest absolute Gasteiger partial charge is 0.370 e. The van der Waals surface area contributed by atoms with Gasteiger partial charge in [-0.15, -0.1) is 0 Å². The molecule has 0 fully saturated rings. The fourth-order valence-electron chi connectivity index (χ4n) is 2.75. The van der Waals surface area contributed by atoms with E-state index in [4.69, 9.17) is 0 Å². The summed E-state index contributed by atoms with van der Waals surface area (Å²) in [4.78, 5) is 20.7. The molecule has 6 heteroatoms. The van der Waals surface area contributed by atoms with Crippen LogP contribution in [0.4, 0.5) is 15.9 Å².